The molecule has 3 rings (SSSR count). The first-order valence-electron chi connectivity index (χ1n) is 8.63. The molecule has 1 amide bonds. The number of hydrogen-bond acceptors (Lipinski definition) is 4. The van der Waals surface area contributed by atoms with Crippen LogP contribution in [0.4, 0.5) is 19.0 Å². The summed E-state index contributed by atoms with van der Waals surface area (Å²) < 4.78 is 37.7. The van der Waals surface area contributed by atoms with Gasteiger partial charge in [0.25, 0.3) is 0 Å². The SMILES string of the molecule is CC(NC(=O)CN1CCN(c2ccc(C(F)(F)F)cn2)CC1)C1CC1. The maximum atomic E-state index is 12.6. The molecule has 1 unspecified atom stereocenters. The van der Waals surface area contributed by atoms with E-state index in [-0.39, 0.29) is 11.9 Å². The van der Waals surface area contributed by atoms with Gasteiger partial charge in [-0.25, -0.2) is 4.98 Å². The molecule has 1 aliphatic carbocycles. The Morgan fingerprint density at radius 2 is 1.96 bits per heavy atom. The van der Waals surface area contributed by atoms with Crippen molar-refractivity contribution in [2.75, 3.05) is 37.6 Å². The third kappa shape index (κ3) is 4.84. The lowest BCUT2D eigenvalue weighted by Crippen LogP contribution is -2.50. The van der Waals surface area contributed by atoms with Gasteiger partial charge in [-0.2, -0.15) is 13.2 Å². The zero-order valence-corrected chi connectivity index (χ0v) is 14.2. The van der Waals surface area contributed by atoms with E-state index in [1.165, 1.54) is 18.9 Å². The summed E-state index contributed by atoms with van der Waals surface area (Å²) in [5.74, 6) is 1.21. The van der Waals surface area contributed by atoms with Crippen molar-refractivity contribution in [1.29, 1.82) is 0 Å². The normalized spacial score (nSPS) is 20.4. The third-order valence-electron chi connectivity index (χ3n) is 4.86. The number of nitrogens with one attached hydrogen (secondary N) is 1. The van der Waals surface area contributed by atoms with Gasteiger partial charge in [-0.15, -0.1) is 0 Å². The van der Waals surface area contributed by atoms with E-state index < -0.39 is 11.7 Å². The van der Waals surface area contributed by atoms with Crippen LogP contribution in [0.5, 0.6) is 0 Å². The van der Waals surface area contributed by atoms with Gasteiger partial charge in [-0.3, -0.25) is 9.69 Å². The van der Waals surface area contributed by atoms with Gasteiger partial charge in [0.15, 0.2) is 0 Å². The van der Waals surface area contributed by atoms with Crippen molar-refractivity contribution in [3.8, 4) is 0 Å². The van der Waals surface area contributed by atoms with Crippen molar-refractivity contribution in [2.45, 2.75) is 32.0 Å². The first kappa shape index (κ1) is 18.0. The Morgan fingerprint density at radius 1 is 1.28 bits per heavy atom. The standard InChI is InChI=1S/C17H23F3N4O/c1-12(13-2-3-13)22-16(25)11-23-6-8-24(9-7-23)15-5-4-14(10-21-15)17(18,19)20/h4-5,10,12-13H,2-3,6-9,11H2,1H3,(H,22,25). The lowest BCUT2D eigenvalue weighted by Gasteiger charge is -2.35. The molecule has 138 valence electrons. The summed E-state index contributed by atoms with van der Waals surface area (Å²) in [5.41, 5.74) is -0.740. The highest BCUT2D eigenvalue weighted by molar-refractivity contribution is 5.78. The number of alkyl halides is 3. The highest BCUT2D eigenvalue weighted by Crippen LogP contribution is 2.32. The molecule has 1 aromatic rings. The minimum absolute atomic E-state index is 0.0421. The maximum absolute atomic E-state index is 12.6. The molecule has 1 aliphatic heterocycles. The summed E-state index contributed by atoms with van der Waals surface area (Å²) in [7, 11) is 0. The molecule has 8 heteroatoms. The fourth-order valence-electron chi connectivity index (χ4n) is 3.09. The highest BCUT2D eigenvalue weighted by Gasteiger charge is 2.31. The molecule has 1 saturated heterocycles. The predicted octanol–water partition coefficient (Wildman–Crippen LogP) is 2.14. The van der Waals surface area contributed by atoms with Crippen LogP contribution in [0.25, 0.3) is 0 Å². The second kappa shape index (κ2) is 7.19. The van der Waals surface area contributed by atoms with Crippen molar-refractivity contribution in [1.82, 2.24) is 15.2 Å². The van der Waals surface area contributed by atoms with E-state index in [2.05, 4.69) is 15.2 Å². The van der Waals surface area contributed by atoms with E-state index in [1.807, 2.05) is 11.8 Å². The number of amides is 1. The number of hydrogen-bond donors (Lipinski definition) is 1. The number of halogens is 3. The lowest BCUT2D eigenvalue weighted by atomic mass is 10.2. The van der Waals surface area contributed by atoms with E-state index in [1.54, 1.807) is 0 Å². The summed E-state index contributed by atoms with van der Waals surface area (Å²) in [5, 5.41) is 3.04. The predicted molar refractivity (Wildman–Crippen MR) is 88.2 cm³/mol. The molecular formula is C17H23F3N4O. The number of pyridine rings is 1. The monoisotopic (exact) mass is 356 g/mol. The summed E-state index contributed by atoms with van der Waals surface area (Å²) in [6.07, 6.45) is -1.11. The molecule has 25 heavy (non-hydrogen) atoms. The van der Waals surface area contributed by atoms with Gasteiger partial charge in [-0.1, -0.05) is 0 Å². The molecule has 5 nitrogen and oxygen atoms in total. The van der Waals surface area contributed by atoms with Crippen LogP contribution in [0, 0.1) is 5.92 Å². The molecule has 2 aliphatic rings. The van der Waals surface area contributed by atoms with Crippen molar-refractivity contribution in [2.24, 2.45) is 5.92 Å². The molecule has 0 bridgehead atoms. The summed E-state index contributed by atoms with van der Waals surface area (Å²) in [6, 6.07) is 2.70. The van der Waals surface area contributed by atoms with E-state index >= 15 is 0 Å². The molecule has 0 spiro atoms. The van der Waals surface area contributed by atoms with Crippen LogP contribution in [0.2, 0.25) is 0 Å². The van der Waals surface area contributed by atoms with E-state index in [0.29, 0.717) is 44.5 Å². The third-order valence-corrected chi connectivity index (χ3v) is 4.86. The topological polar surface area (TPSA) is 48.5 Å². The van der Waals surface area contributed by atoms with Crippen LogP contribution in [-0.4, -0.2) is 54.6 Å². The van der Waals surface area contributed by atoms with Crippen LogP contribution in [0.15, 0.2) is 18.3 Å². The Hall–Kier alpha value is -1.83. The maximum Gasteiger partial charge on any atom is 0.417 e. The first-order chi connectivity index (χ1) is 11.8. The quantitative estimate of drug-likeness (QED) is 0.878. The Bertz CT molecular complexity index is 593. The second-order valence-electron chi connectivity index (χ2n) is 6.86. The number of nitrogens with zero attached hydrogens (tertiary/aromatic N) is 3. The smallest absolute Gasteiger partial charge is 0.354 e. The molecule has 1 N–H and O–H groups in total. The van der Waals surface area contributed by atoms with Gasteiger partial charge in [0, 0.05) is 38.4 Å². The van der Waals surface area contributed by atoms with Crippen LogP contribution in [0.3, 0.4) is 0 Å². The highest BCUT2D eigenvalue weighted by atomic mass is 19.4. The molecule has 1 aromatic heterocycles. The van der Waals surface area contributed by atoms with Gasteiger partial charge in [-0.05, 0) is 37.8 Å². The van der Waals surface area contributed by atoms with Gasteiger partial charge in [0.05, 0.1) is 12.1 Å². The summed E-state index contributed by atoms with van der Waals surface area (Å²) in [6.45, 7) is 5.07. The number of aromatic nitrogens is 1. The van der Waals surface area contributed by atoms with Crippen LogP contribution < -0.4 is 10.2 Å². The van der Waals surface area contributed by atoms with Crippen molar-refractivity contribution in [3.05, 3.63) is 23.9 Å². The molecule has 2 heterocycles. The average Bonchev–Trinajstić information content (AvgIpc) is 3.40. The average molecular weight is 356 g/mol. The zero-order chi connectivity index (χ0) is 18.0. The Labute approximate surface area is 145 Å². The number of anilines is 1. The molecule has 0 aromatic carbocycles. The Morgan fingerprint density at radius 3 is 2.48 bits per heavy atom. The van der Waals surface area contributed by atoms with Gasteiger partial charge in [0.2, 0.25) is 5.91 Å². The van der Waals surface area contributed by atoms with Gasteiger partial charge < -0.3 is 10.2 Å². The molecule has 2 fully saturated rings. The van der Waals surface area contributed by atoms with Crippen molar-refractivity contribution in [3.63, 3.8) is 0 Å². The fourth-order valence-corrected chi connectivity index (χ4v) is 3.09. The summed E-state index contributed by atoms with van der Waals surface area (Å²) >= 11 is 0. The van der Waals surface area contributed by atoms with Crippen LogP contribution in [0.1, 0.15) is 25.3 Å². The Kier molecular flexibility index (Phi) is 5.17. The molecule has 1 atom stereocenters. The number of carbonyl (C=O) groups excluding carboxylic acids is 1. The van der Waals surface area contributed by atoms with E-state index in [4.69, 9.17) is 0 Å². The number of carbonyl (C=O) groups is 1. The molecule has 1 saturated carbocycles. The Balaban J connectivity index is 1.45. The minimum Gasteiger partial charge on any atom is -0.354 e. The van der Waals surface area contributed by atoms with Crippen LogP contribution >= 0.6 is 0 Å². The largest absolute Gasteiger partial charge is 0.417 e. The van der Waals surface area contributed by atoms with Crippen molar-refractivity contribution < 1.29 is 18.0 Å². The minimum atomic E-state index is -4.37. The lowest BCUT2D eigenvalue weighted by molar-refractivity contribution is -0.137. The van der Waals surface area contributed by atoms with Crippen molar-refractivity contribution >= 4 is 11.7 Å². The van der Waals surface area contributed by atoms with Crippen LogP contribution in [-0.2, 0) is 11.0 Å². The molecule has 0 radical (unpaired) electrons. The summed E-state index contributed by atoms with van der Waals surface area (Å²) in [4.78, 5) is 20.0. The van der Waals surface area contributed by atoms with Gasteiger partial charge in [0.1, 0.15) is 5.82 Å². The fraction of sp³-hybridized carbons (Fsp3) is 0.647. The second-order valence-corrected chi connectivity index (χ2v) is 6.86. The first-order valence-corrected chi connectivity index (χ1v) is 8.63. The zero-order valence-electron chi connectivity index (χ0n) is 14.2. The van der Waals surface area contributed by atoms with E-state index in [0.717, 1.165) is 12.3 Å². The number of piperazine rings is 1. The molecular weight excluding hydrogens is 333 g/mol. The van der Waals surface area contributed by atoms with E-state index in [9.17, 15) is 18.0 Å². The van der Waals surface area contributed by atoms with Gasteiger partial charge >= 0.3 is 6.18 Å². The number of rotatable bonds is 5.